The van der Waals surface area contributed by atoms with Crippen molar-refractivity contribution < 1.29 is 4.79 Å². The number of likely N-dealkylation sites (tertiary alicyclic amines) is 1. The molecule has 1 aromatic heterocycles. The molecule has 0 aliphatic carbocycles. The molecule has 0 N–H and O–H groups in total. The molecule has 0 radical (unpaired) electrons. The number of aromatic nitrogens is 1. The number of thiazole rings is 1. The highest BCUT2D eigenvalue weighted by Gasteiger charge is 2.30. The van der Waals surface area contributed by atoms with Crippen molar-refractivity contribution in [3.05, 3.63) is 64.7 Å². The summed E-state index contributed by atoms with van der Waals surface area (Å²) >= 11 is 1.74. The SMILES string of the molecule is Cc1ccccc1C1CCCN1C(=O)CCCc1nc2ccccc2s1. The fraction of sp³-hybridized carbons (Fsp3) is 0.364. The highest BCUT2D eigenvalue weighted by Crippen LogP contribution is 2.34. The Kier molecular flexibility index (Phi) is 5.02. The van der Waals surface area contributed by atoms with E-state index in [2.05, 4.69) is 53.2 Å². The van der Waals surface area contributed by atoms with E-state index >= 15 is 0 Å². The molecule has 1 saturated heterocycles. The zero-order chi connectivity index (χ0) is 17.9. The van der Waals surface area contributed by atoms with E-state index in [0.717, 1.165) is 42.8 Å². The van der Waals surface area contributed by atoms with Crippen molar-refractivity contribution in [1.29, 1.82) is 0 Å². The molecule has 26 heavy (non-hydrogen) atoms. The van der Waals surface area contributed by atoms with Crippen molar-refractivity contribution in [2.45, 2.75) is 45.1 Å². The Morgan fingerprint density at radius 3 is 2.85 bits per heavy atom. The molecule has 1 atom stereocenters. The van der Waals surface area contributed by atoms with Crippen LogP contribution in [0.1, 0.15) is 47.9 Å². The van der Waals surface area contributed by atoms with Gasteiger partial charge < -0.3 is 4.90 Å². The molecular formula is C22H24N2OS. The molecule has 1 aliphatic rings. The van der Waals surface area contributed by atoms with Crippen LogP contribution in [0.2, 0.25) is 0 Å². The number of para-hydroxylation sites is 1. The van der Waals surface area contributed by atoms with Crippen LogP contribution in [0.5, 0.6) is 0 Å². The number of rotatable bonds is 5. The minimum Gasteiger partial charge on any atom is -0.336 e. The lowest BCUT2D eigenvalue weighted by Gasteiger charge is -2.26. The number of fused-ring (bicyclic) bond motifs is 1. The lowest BCUT2D eigenvalue weighted by molar-refractivity contribution is -0.132. The van der Waals surface area contributed by atoms with E-state index in [-0.39, 0.29) is 11.9 Å². The van der Waals surface area contributed by atoms with Crippen molar-refractivity contribution in [2.24, 2.45) is 0 Å². The minimum atomic E-state index is 0.256. The van der Waals surface area contributed by atoms with Gasteiger partial charge in [-0.15, -0.1) is 11.3 Å². The molecule has 1 fully saturated rings. The molecule has 0 spiro atoms. The highest BCUT2D eigenvalue weighted by molar-refractivity contribution is 7.18. The van der Waals surface area contributed by atoms with Gasteiger partial charge in [-0.1, -0.05) is 36.4 Å². The van der Waals surface area contributed by atoms with Gasteiger partial charge in [-0.25, -0.2) is 4.98 Å². The normalized spacial score (nSPS) is 17.1. The third-order valence-electron chi connectivity index (χ3n) is 5.24. The van der Waals surface area contributed by atoms with Gasteiger partial charge in [0.05, 0.1) is 21.3 Å². The Hall–Kier alpha value is -2.20. The molecule has 1 unspecified atom stereocenters. The lowest BCUT2D eigenvalue weighted by atomic mass is 9.99. The summed E-state index contributed by atoms with van der Waals surface area (Å²) in [7, 11) is 0. The number of nitrogens with zero attached hydrogens (tertiary/aromatic N) is 2. The van der Waals surface area contributed by atoms with Crippen molar-refractivity contribution in [3.63, 3.8) is 0 Å². The molecule has 0 bridgehead atoms. The Morgan fingerprint density at radius 2 is 2.00 bits per heavy atom. The number of carbonyl (C=O) groups excluding carboxylic acids is 1. The van der Waals surface area contributed by atoms with Crippen molar-refractivity contribution in [1.82, 2.24) is 9.88 Å². The van der Waals surface area contributed by atoms with Crippen LogP contribution in [-0.4, -0.2) is 22.3 Å². The largest absolute Gasteiger partial charge is 0.336 e. The summed E-state index contributed by atoms with van der Waals surface area (Å²) in [6, 6.07) is 17.0. The molecule has 0 saturated carbocycles. The summed E-state index contributed by atoms with van der Waals surface area (Å²) in [5.74, 6) is 0.289. The predicted octanol–water partition coefficient (Wildman–Crippen LogP) is 5.29. The molecular weight excluding hydrogens is 340 g/mol. The summed E-state index contributed by atoms with van der Waals surface area (Å²) in [4.78, 5) is 19.6. The quantitative estimate of drug-likeness (QED) is 0.616. The first-order valence-electron chi connectivity index (χ1n) is 9.42. The third kappa shape index (κ3) is 3.51. The molecule has 3 aromatic rings. The second-order valence-electron chi connectivity index (χ2n) is 7.03. The first kappa shape index (κ1) is 17.2. The summed E-state index contributed by atoms with van der Waals surface area (Å²) < 4.78 is 1.23. The maximum absolute atomic E-state index is 12.8. The zero-order valence-corrected chi connectivity index (χ0v) is 16.0. The van der Waals surface area contributed by atoms with Crippen LogP contribution in [0, 0.1) is 6.92 Å². The van der Waals surface area contributed by atoms with Gasteiger partial charge >= 0.3 is 0 Å². The third-order valence-corrected chi connectivity index (χ3v) is 6.34. The number of aryl methyl sites for hydroxylation is 2. The number of benzene rings is 2. The van der Waals surface area contributed by atoms with Crippen LogP contribution in [-0.2, 0) is 11.2 Å². The second kappa shape index (κ2) is 7.58. The smallest absolute Gasteiger partial charge is 0.223 e. The number of amides is 1. The van der Waals surface area contributed by atoms with Gasteiger partial charge in [-0.05, 0) is 55.9 Å². The number of hydrogen-bond acceptors (Lipinski definition) is 3. The molecule has 3 nitrogen and oxygen atoms in total. The zero-order valence-electron chi connectivity index (χ0n) is 15.1. The maximum atomic E-state index is 12.8. The van der Waals surface area contributed by atoms with E-state index in [1.807, 2.05) is 12.1 Å². The van der Waals surface area contributed by atoms with Gasteiger partial charge in [0.2, 0.25) is 5.91 Å². The lowest BCUT2D eigenvalue weighted by Crippen LogP contribution is -2.30. The van der Waals surface area contributed by atoms with Crippen LogP contribution >= 0.6 is 11.3 Å². The van der Waals surface area contributed by atoms with E-state index in [0.29, 0.717) is 6.42 Å². The van der Waals surface area contributed by atoms with E-state index in [9.17, 15) is 4.79 Å². The monoisotopic (exact) mass is 364 g/mol. The first-order chi connectivity index (χ1) is 12.7. The van der Waals surface area contributed by atoms with Gasteiger partial charge in [0.25, 0.3) is 0 Å². The molecule has 2 aromatic carbocycles. The van der Waals surface area contributed by atoms with Crippen LogP contribution in [0.4, 0.5) is 0 Å². The van der Waals surface area contributed by atoms with Gasteiger partial charge in [-0.3, -0.25) is 4.79 Å². The standard InChI is InChI=1S/C22H24N2OS/c1-16-8-2-3-9-17(16)19-11-7-15-24(19)22(25)14-6-13-21-23-18-10-4-5-12-20(18)26-21/h2-5,8-10,12,19H,6-7,11,13-15H2,1H3. The minimum absolute atomic E-state index is 0.256. The average Bonchev–Trinajstić information content (AvgIpc) is 3.28. The Bertz CT molecular complexity index is 884. The predicted molar refractivity (Wildman–Crippen MR) is 107 cm³/mol. The van der Waals surface area contributed by atoms with Crippen LogP contribution in [0.25, 0.3) is 10.2 Å². The average molecular weight is 365 g/mol. The van der Waals surface area contributed by atoms with Gasteiger partial charge in [0.15, 0.2) is 0 Å². The molecule has 1 aliphatic heterocycles. The van der Waals surface area contributed by atoms with Crippen molar-refractivity contribution in [3.8, 4) is 0 Å². The Morgan fingerprint density at radius 1 is 1.19 bits per heavy atom. The Balaban J connectivity index is 1.37. The summed E-state index contributed by atoms with van der Waals surface area (Å²) in [6.45, 7) is 3.03. The molecule has 1 amide bonds. The molecule has 2 heterocycles. The fourth-order valence-electron chi connectivity index (χ4n) is 3.91. The van der Waals surface area contributed by atoms with Gasteiger partial charge in [-0.2, -0.15) is 0 Å². The molecule has 4 rings (SSSR count). The second-order valence-corrected chi connectivity index (χ2v) is 8.15. The number of carbonyl (C=O) groups is 1. The number of hydrogen-bond donors (Lipinski definition) is 0. The van der Waals surface area contributed by atoms with Gasteiger partial charge in [0, 0.05) is 13.0 Å². The van der Waals surface area contributed by atoms with Crippen LogP contribution < -0.4 is 0 Å². The van der Waals surface area contributed by atoms with E-state index in [1.54, 1.807) is 11.3 Å². The molecule has 134 valence electrons. The van der Waals surface area contributed by atoms with Crippen LogP contribution in [0.3, 0.4) is 0 Å². The Labute approximate surface area is 158 Å². The summed E-state index contributed by atoms with van der Waals surface area (Å²) in [5.41, 5.74) is 3.66. The topological polar surface area (TPSA) is 33.2 Å². The van der Waals surface area contributed by atoms with E-state index < -0.39 is 0 Å². The maximum Gasteiger partial charge on any atom is 0.223 e. The van der Waals surface area contributed by atoms with Crippen molar-refractivity contribution in [2.75, 3.05) is 6.54 Å². The summed E-state index contributed by atoms with van der Waals surface area (Å²) in [6.07, 6.45) is 4.54. The highest BCUT2D eigenvalue weighted by atomic mass is 32.1. The van der Waals surface area contributed by atoms with Crippen molar-refractivity contribution >= 4 is 27.5 Å². The fourth-order valence-corrected chi connectivity index (χ4v) is 4.92. The van der Waals surface area contributed by atoms with Gasteiger partial charge in [0.1, 0.15) is 0 Å². The molecule has 4 heteroatoms. The summed E-state index contributed by atoms with van der Waals surface area (Å²) in [5, 5.41) is 1.14. The first-order valence-corrected chi connectivity index (χ1v) is 10.2. The van der Waals surface area contributed by atoms with Crippen LogP contribution in [0.15, 0.2) is 48.5 Å². The van der Waals surface area contributed by atoms with E-state index in [1.165, 1.54) is 15.8 Å². The van der Waals surface area contributed by atoms with E-state index in [4.69, 9.17) is 0 Å².